The monoisotopic (exact) mass is 345 g/mol. The highest BCUT2D eigenvalue weighted by Crippen LogP contribution is 2.17. The molecule has 0 fully saturated rings. The second kappa shape index (κ2) is 7.31. The molecule has 0 radical (unpaired) electrons. The Kier molecular flexibility index (Phi) is 4.95. The van der Waals surface area contributed by atoms with E-state index in [-0.39, 0.29) is 11.7 Å². The molecule has 2 aromatic heterocycles. The number of thiazole rings is 1. The smallest absolute Gasteiger partial charge is 0.270 e. The van der Waals surface area contributed by atoms with Crippen LogP contribution in [0.25, 0.3) is 0 Å². The summed E-state index contributed by atoms with van der Waals surface area (Å²) in [5, 5.41) is 12.9. The first-order chi connectivity index (χ1) is 11.6. The molecule has 1 amide bonds. The minimum Gasteiger partial charge on any atom is -0.349 e. The number of halogens is 1. The van der Waals surface area contributed by atoms with Crippen LogP contribution in [0.1, 0.15) is 26.9 Å². The third-order valence-electron chi connectivity index (χ3n) is 3.53. The number of hydrogen-bond acceptors (Lipinski definition) is 5. The average Bonchev–Trinajstić information content (AvgIpc) is 3.19. The second-order valence-electron chi connectivity index (χ2n) is 5.22. The molecule has 0 bridgehead atoms. The summed E-state index contributed by atoms with van der Waals surface area (Å²) in [5.41, 5.74) is 0.925. The van der Waals surface area contributed by atoms with Gasteiger partial charge in [-0.2, -0.15) is 0 Å². The number of rotatable bonds is 6. The fraction of sp³-hybridized carbons (Fsp3) is 0.250. The van der Waals surface area contributed by atoms with E-state index in [1.54, 1.807) is 29.9 Å². The molecule has 124 valence electrons. The van der Waals surface area contributed by atoms with Crippen molar-refractivity contribution >= 4 is 17.2 Å². The SMILES string of the molecule is Cc1nncn1CCNC(=O)c1csc(Cc2ccccc2F)n1. The van der Waals surface area contributed by atoms with Crippen molar-refractivity contribution in [2.75, 3.05) is 6.54 Å². The molecule has 0 aliphatic heterocycles. The first-order valence-electron chi connectivity index (χ1n) is 7.44. The fourth-order valence-corrected chi connectivity index (χ4v) is 3.01. The van der Waals surface area contributed by atoms with Gasteiger partial charge in [0.1, 0.15) is 23.7 Å². The number of nitrogens with one attached hydrogen (secondary N) is 1. The van der Waals surface area contributed by atoms with Crippen molar-refractivity contribution in [2.45, 2.75) is 19.9 Å². The van der Waals surface area contributed by atoms with Gasteiger partial charge in [0.2, 0.25) is 0 Å². The van der Waals surface area contributed by atoms with E-state index in [1.165, 1.54) is 17.4 Å². The highest BCUT2D eigenvalue weighted by Gasteiger charge is 2.12. The Morgan fingerprint density at radius 2 is 2.21 bits per heavy atom. The lowest BCUT2D eigenvalue weighted by atomic mass is 10.1. The molecule has 0 unspecified atom stereocenters. The third-order valence-corrected chi connectivity index (χ3v) is 4.38. The van der Waals surface area contributed by atoms with Crippen LogP contribution in [-0.4, -0.2) is 32.2 Å². The Labute approximate surface area is 142 Å². The van der Waals surface area contributed by atoms with Gasteiger partial charge in [0.15, 0.2) is 0 Å². The highest BCUT2D eigenvalue weighted by molar-refractivity contribution is 7.09. The number of aromatic nitrogens is 4. The Balaban J connectivity index is 1.56. The molecule has 0 atom stereocenters. The van der Waals surface area contributed by atoms with Gasteiger partial charge in [-0.25, -0.2) is 9.37 Å². The molecule has 0 aliphatic carbocycles. The topological polar surface area (TPSA) is 72.7 Å². The van der Waals surface area contributed by atoms with Crippen LogP contribution in [0.2, 0.25) is 0 Å². The van der Waals surface area contributed by atoms with E-state index in [2.05, 4.69) is 20.5 Å². The zero-order valence-corrected chi connectivity index (χ0v) is 13.9. The molecule has 24 heavy (non-hydrogen) atoms. The van der Waals surface area contributed by atoms with Gasteiger partial charge in [-0.15, -0.1) is 21.5 Å². The van der Waals surface area contributed by atoms with Crippen LogP contribution in [-0.2, 0) is 13.0 Å². The predicted molar refractivity (Wildman–Crippen MR) is 88.4 cm³/mol. The van der Waals surface area contributed by atoms with Gasteiger partial charge in [-0.3, -0.25) is 4.79 Å². The predicted octanol–water partition coefficient (Wildman–Crippen LogP) is 2.20. The maximum absolute atomic E-state index is 13.7. The molecule has 0 saturated carbocycles. The largest absolute Gasteiger partial charge is 0.349 e. The van der Waals surface area contributed by atoms with Crippen LogP contribution in [0.4, 0.5) is 4.39 Å². The first-order valence-corrected chi connectivity index (χ1v) is 8.32. The van der Waals surface area contributed by atoms with E-state index in [0.29, 0.717) is 35.8 Å². The summed E-state index contributed by atoms with van der Waals surface area (Å²) in [6.07, 6.45) is 2.00. The van der Waals surface area contributed by atoms with Gasteiger partial charge in [0.05, 0.1) is 5.01 Å². The van der Waals surface area contributed by atoms with Crippen molar-refractivity contribution in [1.82, 2.24) is 25.1 Å². The van der Waals surface area contributed by atoms with Crippen LogP contribution in [0, 0.1) is 12.7 Å². The van der Waals surface area contributed by atoms with E-state index in [0.717, 1.165) is 5.82 Å². The van der Waals surface area contributed by atoms with E-state index in [1.807, 2.05) is 11.5 Å². The van der Waals surface area contributed by atoms with Gasteiger partial charge in [-0.1, -0.05) is 18.2 Å². The number of carbonyl (C=O) groups excluding carboxylic acids is 1. The average molecular weight is 345 g/mol. The lowest BCUT2D eigenvalue weighted by Crippen LogP contribution is -2.27. The van der Waals surface area contributed by atoms with E-state index in [9.17, 15) is 9.18 Å². The maximum atomic E-state index is 13.7. The number of nitrogens with zero attached hydrogens (tertiary/aromatic N) is 4. The van der Waals surface area contributed by atoms with Gasteiger partial charge in [0.25, 0.3) is 5.91 Å². The molecule has 0 saturated heterocycles. The van der Waals surface area contributed by atoms with Crippen molar-refractivity contribution in [3.05, 3.63) is 63.9 Å². The quantitative estimate of drug-likeness (QED) is 0.743. The molecule has 6 nitrogen and oxygen atoms in total. The van der Waals surface area contributed by atoms with Crippen molar-refractivity contribution in [3.63, 3.8) is 0 Å². The first kappa shape index (κ1) is 16.3. The fourth-order valence-electron chi connectivity index (χ4n) is 2.21. The Hall–Kier alpha value is -2.61. The molecular weight excluding hydrogens is 329 g/mol. The van der Waals surface area contributed by atoms with E-state index < -0.39 is 0 Å². The summed E-state index contributed by atoms with van der Waals surface area (Å²) in [7, 11) is 0. The van der Waals surface area contributed by atoms with Crippen LogP contribution < -0.4 is 5.32 Å². The summed E-state index contributed by atoms with van der Waals surface area (Å²) >= 11 is 1.35. The molecule has 1 N–H and O–H groups in total. The summed E-state index contributed by atoms with van der Waals surface area (Å²) in [4.78, 5) is 16.4. The normalized spacial score (nSPS) is 10.8. The van der Waals surface area contributed by atoms with E-state index >= 15 is 0 Å². The zero-order valence-electron chi connectivity index (χ0n) is 13.1. The van der Waals surface area contributed by atoms with Crippen LogP contribution in [0.5, 0.6) is 0 Å². The van der Waals surface area contributed by atoms with Crippen molar-refractivity contribution in [3.8, 4) is 0 Å². The Morgan fingerprint density at radius 3 is 2.96 bits per heavy atom. The van der Waals surface area contributed by atoms with Crippen LogP contribution in [0.3, 0.4) is 0 Å². The second-order valence-corrected chi connectivity index (χ2v) is 6.16. The molecular formula is C16H16FN5OS. The van der Waals surface area contributed by atoms with Crippen molar-refractivity contribution in [2.24, 2.45) is 0 Å². The van der Waals surface area contributed by atoms with Crippen LogP contribution >= 0.6 is 11.3 Å². The Bertz CT molecular complexity index is 844. The number of aryl methyl sites for hydroxylation is 1. The highest BCUT2D eigenvalue weighted by atomic mass is 32.1. The lowest BCUT2D eigenvalue weighted by Gasteiger charge is -2.05. The molecule has 3 rings (SSSR count). The number of benzene rings is 1. The summed E-state index contributed by atoms with van der Waals surface area (Å²) in [6.45, 7) is 2.90. The van der Waals surface area contributed by atoms with Gasteiger partial charge >= 0.3 is 0 Å². The molecule has 1 aromatic carbocycles. The van der Waals surface area contributed by atoms with Gasteiger partial charge < -0.3 is 9.88 Å². The van der Waals surface area contributed by atoms with Crippen molar-refractivity contribution < 1.29 is 9.18 Å². The number of hydrogen-bond donors (Lipinski definition) is 1. The Morgan fingerprint density at radius 1 is 1.38 bits per heavy atom. The molecule has 3 aromatic rings. The minimum atomic E-state index is -0.261. The minimum absolute atomic E-state index is 0.239. The third kappa shape index (κ3) is 3.83. The molecule has 2 heterocycles. The number of amides is 1. The van der Waals surface area contributed by atoms with Gasteiger partial charge in [0, 0.05) is 24.9 Å². The summed E-state index contributed by atoms with van der Waals surface area (Å²) in [6, 6.07) is 6.57. The standard InChI is InChI=1S/C16H16FN5OS/c1-11-21-19-10-22(11)7-6-18-16(23)14-9-24-15(20-14)8-12-4-2-3-5-13(12)17/h2-5,9-10H,6-8H2,1H3,(H,18,23). The molecule has 8 heteroatoms. The van der Waals surface area contributed by atoms with Crippen molar-refractivity contribution in [1.29, 1.82) is 0 Å². The summed E-state index contributed by atoms with van der Waals surface area (Å²) < 4.78 is 15.5. The maximum Gasteiger partial charge on any atom is 0.270 e. The lowest BCUT2D eigenvalue weighted by molar-refractivity contribution is 0.0947. The molecule has 0 spiro atoms. The van der Waals surface area contributed by atoms with E-state index in [4.69, 9.17) is 0 Å². The van der Waals surface area contributed by atoms with Crippen LogP contribution in [0.15, 0.2) is 36.0 Å². The zero-order chi connectivity index (χ0) is 16.9. The summed E-state index contributed by atoms with van der Waals surface area (Å²) in [5.74, 6) is 0.296. The van der Waals surface area contributed by atoms with Gasteiger partial charge in [-0.05, 0) is 18.6 Å². The number of carbonyl (C=O) groups is 1. The molecule has 0 aliphatic rings.